The van der Waals surface area contributed by atoms with Crippen LogP contribution in [0.5, 0.6) is 5.88 Å². The molecule has 2 unspecified atom stereocenters. The van der Waals surface area contributed by atoms with Crippen LogP contribution in [0.25, 0.3) is 11.5 Å². The lowest BCUT2D eigenvalue weighted by atomic mass is 9.95. The minimum atomic E-state index is -0.232. The normalized spacial score (nSPS) is 13.0. The lowest BCUT2D eigenvalue weighted by molar-refractivity contribution is 0.343. The molecule has 3 rings (SSSR count). The Morgan fingerprint density at radius 3 is 2.62 bits per heavy atom. The van der Waals surface area contributed by atoms with Crippen molar-refractivity contribution in [3.05, 3.63) is 54.2 Å². The molecule has 0 aliphatic carbocycles. The van der Waals surface area contributed by atoms with Gasteiger partial charge in [-0.2, -0.15) is 4.98 Å². The molecule has 0 amide bonds. The van der Waals surface area contributed by atoms with E-state index in [0.717, 1.165) is 5.56 Å². The zero-order chi connectivity index (χ0) is 16.2. The number of nitrogens with two attached hydrogens (primary N) is 1. The van der Waals surface area contributed by atoms with Crippen molar-refractivity contribution >= 4 is 12.4 Å². The largest absolute Gasteiger partial charge is 0.481 e. The van der Waals surface area contributed by atoms with Gasteiger partial charge in [0.25, 0.3) is 0 Å². The summed E-state index contributed by atoms with van der Waals surface area (Å²) < 4.78 is 10.4. The Balaban J connectivity index is 0.00000208. The first-order valence-electron chi connectivity index (χ1n) is 7.19. The Hall–Kier alpha value is -2.51. The van der Waals surface area contributed by atoms with Gasteiger partial charge in [-0.1, -0.05) is 42.4 Å². The van der Waals surface area contributed by atoms with Crippen molar-refractivity contribution in [3.8, 4) is 17.4 Å². The highest BCUT2D eigenvalue weighted by molar-refractivity contribution is 5.85. The highest BCUT2D eigenvalue weighted by Crippen LogP contribution is 2.28. The highest BCUT2D eigenvalue weighted by Gasteiger charge is 2.23. The summed E-state index contributed by atoms with van der Waals surface area (Å²) in [5, 5.41) is 3.97. The van der Waals surface area contributed by atoms with Gasteiger partial charge in [-0.3, -0.25) is 0 Å². The summed E-state index contributed by atoms with van der Waals surface area (Å²) in [6.45, 7) is 1.95. The van der Waals surface area contributed by atoms with Crippen molar-refractivity contribution < 1.29 is 9.26 Å². The van der Waals surface area contributed by atoms with Gasteiger partial charge in [-0.15, -0.1) is 12.4 Å². The van der Waals surface area contributed by atoms with E-state index in [1.54, 1.807) is 6.07 Å². The first kappa shape index (κ1) is 17.8. The van der Waals surface area contributed by atoms with E-state index in [2.05, 4.69) is 20.1 Å². The summed E-state index contributed by atoms with van der Waals surface area (Å²) in [4.78, 5) is 12.5. The van der Waals surface area contributed by atoms with E-state index in [1.165, 1.54) is 13.4 Å². The van der Waals surface area contributed by atoms with E-state index < -0.39 is 0 Å². The fraction of sp³-hybridized carbons (Fsp3) is 0.250. The van der Waals surface area contributed by atoms with Gasteiger partial charge in [-0.25, -0.2) is 9.97 Å². The molecule has 2 atom stereocenters. The summed E-state index contributed by atoms with van der Waals surface area (Å²) in [6, 6.07) is 11.2. The fourth-order valence-electron chi connectivity index (χ4n) is 2.22. The Bertz CT molecular complexity index is 781. The van der Waals surface area contributed by atoms with Gasteiger partial charge in [-0.05, 0) is 5.56 Å². The molecule has 0 spiro atoms. The van der Waals surface area contributed by atoms with Crippen molar-refractivity contribution in [1.29, 1.82) is 0 Å². The number of hydrogen-bond acceptors (Lipinski definition) is 7. The predicted octanol–water partition coefficient (Wildman–Crippen LogP) is 2.76. The molecule has 0 fully saturated rings. The molecule has 0 bridgehead atoms. The second-order valence-corrected chi connectivity index (χ2v) is 5.13. The monoisotopic (exact) mass is 347 g/mol. The van der Waals surface area contributed by atoms with Crippen molar-refractivity contribution in [2.24, 2.45) is 5.73 Å². The lowest BCUT2D eigenvalue weighted by Gasteiger charge is -2.16. The Morgan fingerprint density at radius 1 is 1.17 bits per heavy atom. The number of aromatic nitrogens is 4. The number of ether oxygens (including phenoxy) is 1. The first-order valence-corrected chi connectivity index (χ1v) is 7.19. The van der Waals surface area contributed by atoms with Gasteiger partial charge >= 0.3 is 0 Å². The van der Waals surface area contributed by atoms with Gasteiger partial charge in [0.15, 0.2) is 0 Å². The topological polar surface area (TPSA) is 100.0 Å². The van der Waals surface area contributed by atoms with E-state index in [1.807, 2.05) is 37.3 Å². The standard InChI is InChI=1S/C16H17N5O2.ClH/c1-10(14(17)11-6-4-3-5-7-11)16-20-15(21-23-16)12-8-13(22-2)19-9-18-12;/h3-10,14H,17H2,1-2H3;1H. The van der Waals surface area contributed by atoms with Crippen LogP contribution in [0.1, 0.15) is 30.3 Å². The molecule has 0 saturated heterocycles. The van der Waals surface area contributed by atoms with Crippen LogP contribution in [0.2, 0.25) is 0 Å². The summed E-state index contributed by atoms with van der Waals surface area (Å²) in [7, 11) is 1.54. The lowest BCUT2D eigenvalue weighted by Crippen LogP contribution is -2.17. The third-order valence-corrected chi connectivity index (χ3v) is 3.63. The highest BCUT2D eigenvalue weighted by atomic mass is 35.5. The van der Waals surface area contributed by atoms with Crippen LogP contribution in [0, 0.1) is 0 Å². The van der Waals surface area contributed by atoms with Gasteiger partial charge in [0.1, 0.15) is 12.0 Å². The summed E-state index contributed by atoms with van der Waals surface area (Å²) in [5.41, 5.74) is 7.84. The maximum atomic E-state index is 6.29. The number of hydrogen-bond donors (Lipinski definition) is 1. The molecular formula is C16H18ClN5O2. The Morgan fingerprint density at radius 2 is 1.92 bits per heavy atom. The van der Waals surface area contributed by atoms with Crippen molar-refractivity contribution in [2.75, 3.05) is 7.11 Å². The van der Waals surface area contributed by atoms with Gasteiger partial charge in [0, 0.05) is 12.1 Å². The van der Waals surface area contributed by atoms with Crippen molar-refractivity contribution in [1.82, 2.24) is 20.1 Å². The molecule has 2 aromatic heterocycles. The summed E-state index contributed by atoms with van der Waals surface area (Å²) >= 11 is 0. The van der Waals surface area contributed by atoms with Crippen LogP contribution in [0.3, 0.4) is 0 Å². The molecule has 0 radical (unpaired) electrons. The van der Waals surface area contributed by atoms with Crippen LogP contribution < -0.4 is 10.5 Å². The molecule has 126 valence electrons. The van der Waals surface area contributed by atoms with Gasteiger partial charge < -0.3 is 15.0 Å². The quantitative estimate of drug-likeness (QED) is 0.757. The molecular weight excluding hydrogens is 330 g/mol. The summed E-state index contributed by atoms with van der Waals surface area (Å²) in [5.74, 6) is 1.17. The predicted molar refractivity (Wildman–Crippen MR) is 90.9 cm³/mol. The molecule has 0 aliphatic rings. The second kappa shape index (κ2) is 7.85. The molecule has 0 saturated carbocycles. The third-order valence-electron chi connectivity index (χ3n) is 3.63. The van der Waals surface area contributed by atoms with E-state index in [0.29, 0.717) is 23.3 Å². The van der Waals surface area contributed by atoms with E-state index in [-0.39, 0.29) is 24.4 Å². The van der Waals surface area contributed by atoms with Crippen LogP contribution in [0.15, 0.2) is 47.2 Å². The van der Waals surface area contributed by atoms with Crippen LogP contribution in [-0.4, -0.2) is 27.2 Å². The molecule has 2 heterocycles. The van der Waals surface area contributed by atoms with E-state index in [9.17, 15) is 0 Å². The Kier molecular flexibility index (Phi) is 5.83. The van der Waals surface area contributed by atoms with Crippen LogP contribution >= 0.6 is 12.4 Å². The Labute approximate surface area is 145 Å². The van der Waals surface area contributed by atoms with Crippen LogP contribution in [-0.2, 0) is 0 Å². The molecule has 3 aromatic rings. The molecule has 24 heavy (non-hydrogen) atoms. The smallest absolute Gasteiger partial charge is 0.231 e. The molecule has 2 N–H and O–H groups in total. The molecule has 7 nitrogen and oxygen atoms in total. The maximum Gasteiger partial charge on any atom is 0.231 e. The zero-order valence-electron chi connectivity index (χ0n) is 13.3. The second-order valence-electron chi connectivity index (χ2n) is 5.13. The van der Waals surface area contributed by atoms with E-state index in [4.69, 9.17) is 15.0 Å². The number of nitrogens with zero attached hydrogens (tertiary/aromatic N) is 4. The van der Waals surface area contributed by atoms with Gasteiger partial charge in [0.05, 0.1) is 13.0 Å². The minimum absolute atomic E-state index is 0. The van der Waals surface area contributed by atoms with Crippen molar-refractivity contribution in [3.63, 3.8) is 0 Å². The molecule has 0 aliphatic heterocycles. The van der Waals surface area contributed by atoms with Crippen LogP contribution in [0.4, 0.5) is 0 Å². The molecule has 8 heteroatoms. The maximum absolute atomic E-state index is 6.29. The van der Waals surface area contributed by atoms with Crippen molar-refractivity contribution in [2.45, 2.75) is 18.9 Å². The fourth-order valence-corrected chi connectivity index (χ4v) is 2.22. The number of methoxy groups -OCH3 is 1. The number of benzene rings is 1. The third kappa shape index (κ3) is 3.69. The first-order chi connectivity index (χ1) is 11.2. The average Bonchev–Trinajstić information content (AvgIpc) is 3.11. The molecule has 1 aromatic carbocycles. The summed E-state index contributed by atoms with van der Waals surface area (Å²) in [6.07, 6.45) is 1.39. The number of halogens is 1. The minimum Gasteiger partial charge on any atom is -0.481 e. The zero-order valence-corrected chi connectivity index (χ0v) is 14.1. The average molecular weight is 348 g/mol. The van der Waals surface area contributed by atoms with E-state index >= 15 is 0 Å². The number of rotatable bonds is 5. The van der Waals surface area contributed by atoms with Gasteiger partial charge in [0.2, 0.25) is 17.6 Å². The SMILES string of the molecule is COc1cc(-c2noc(C(C)C(N)c3ccccc3)n2)ncn1.Cl.